The van der Waals surface area contributed by atoms with Crippen LogP contribution in [0, 0.1) is 0 Å². The number of aryl methyl sites for hydroxylation is 1. The van der Waals surface area contributed by atoms with Crippen LogP contribution in [-0.2, 0) is 24.1 Å². The molecule has 0 radical (unpaired) electrons. The first-order valence-corrected chi connectivity index (χ1v) is 9.53. The van der Waals surface area contributed by atoms with Gasteiger partial charge in [0.2, 0.25) is 0 Å². The van der Waals surface area contributed by atoms with Gasteiger partial charge >= 0.3 is 0 Å². The first-order chi connectivity index (χ1) is 12.2. The SMILES string of the molecule is CCc1nncn1CCNC(=NCCc1cccs1)NC(C)COC. The van der Waals surface area contributed by atoms with E-state index in [1.54, 1.807) is 24.8 Å². The maximum absolute atomic E-state index is 5.20. The lowest BCUT2D eigenvalue weighted by Gasteiger charge is -2.18. The minimum atomic E-state index is 0.194. The number of hydrogen-bond acceptors (Lipinski definition) is 5. The molecule has 0 spiro atoms. The van der Waals surface area contributed by atoms with Gasteiger partial charge in [-0.05, 0) is 18.4 Å². The molecule has 0 fully saturated rings. The van der Waals surface area contributed by atoms with E-state index in [4.69, 9.17) is 4.74 Å². The third-order valence-electron chi connectivity index (χ3n) is 3.67. The van der Waals surface area contributed by atoms with Gasteiger partial charge in [-0.25, -0.2) is 0 Å². The Labute approximate surface area is 153 Å². The van der Waals surface area contributed by atoms with E-state index in [0.717, 1.165) is 44.3 Å². The van der Waals surface area contributed by atoms with Crippen LogP contribution in [0.3, 0.4) is 0 Å². The quantitative estimate of drug-likeness (QED) is 0.496. The number of nitrogens with one attached hydrogen (secondary N) is 2. The number of hydrogen-bond donors (Lipinski definition) is 2. The van der Waals surface area contributed by atoms with Crippen LogP contribution < -0.4 is 10.6 Å². The van der Waals surface area contributed by atoms with Gasteiger partial charge in [-0.15, -0.1) is 21.5 Å². The molecule has 0 saturated carbocycles. The fraction of sp³-hybridized carbons (Fsp3) is 0.588. The van der Waals surface area contributed by atoms with Crippen molar-refractivity contribution in [3.8, 4) is 0 Å². The van der Waals surface area contributed by atoms with Gasteiger partial charge in [0.15, 0.2) is 5.96 Å². The summed E-state index contributed by atoms with van der Waals surface area (Å²) in [5, 5.41) is 16.9. The van der Waals surface area contributed by atoms with E-state index >= 15 is 0 Å². The Morgan fingerprint density at radius 3 is 3.08 bits per heavy atom. The number of rotatable bonds is 10. The number of ether oxygens (including phenoxy) is 1. The molecule has 2 N–H and O–H groups in total. The van der Waals surface area contributed by atoms with Gasteiger partial charge in [-0.2, -0.15) is 0 Å². The highest BCUT2D eigenvalue weighted by atomic mass is 32.1. The normalized spacial score (nSPS) is 13.0. The summed E-state index contributed by atoms with van der Waals surface area (Å²) >= 11 is 1.77. The van der Waals surface area contributed by atoms with E-state index in [1.807, 2.05) is 0 Å². The predicted molar refractivity (Wildman–Crippen MR) is 102 cm³/mol. The maximum atomic E-state index is 5.20. The van der Waals surface area contributed by atoms with Gasteiger partial charge in [0.25, 0.3) is 0 Å². The topological polar surface area (TPSA) is 76.4 Å². The molecule has 138 valence electrons. The van der Waals surface area contributed by atoms with Crippen LogP contribution in [0.25, 0.3) is 0 Å². The van der Waals surface area contributed by atoms with E-state index in [2.05, 4.69) is 61.8 Å². The number of aliphatic imine (C=N–C) groups is 1. The lowest BCUT2D eigenvalue weighted by Crippen LogP contribution is -2.45. The molecule has 2 aromatic rings. The molecule has 1 atom stereocenters. The standard InChI is InChI=1S/C17H28N6OS/c1-4-16-22-20-13-23(16)10-9-19-17(21-14(2)12-24-3)18-8-7-15-6-5-11-25-15/h5-6,11,13-14H,4,7-10,12H2,1-3H3,(H2,18,19,21). The summed E-state index contributed by atoms with van der Waals surface area (Å²) in [6.45, 7) is 7.11. The van der Waals surface area contributed by atoms with Crippen LogP contribution in [0.1, 0.15) is 24.5 Å². The Hall–Kier alpha value is -1.93. The van der Waals surface area contributed by atoms with E-state index in [9.17, 15) is 0 Å². The highest BCUT2D eigenvalue weighted by molar-refractivity contribution is 7.09. The highest BCUT2D eigenvalue weighted by Crippen LogP contribution is 2.08. The van der Waals surface area contributed by atoms with Crippen LogP contribution in [0.4, 0.5) is 0 Å². The molecule has 0 amide bonds. The molecule has 2 aromatic heterocycles. The van der Waals surface area contributed by atoms with Gasteiger partial charge < -0.3 is 19.9 Å². The summed E-state index contributed by atoms with van der Waals surface area (Å²) in [6, 6.07) is 4.41. The van der Waals surface area contributed by atoms with E-state index in [1.165, 1.54) is 4.88 Å². The number of guanidine groups is 1. The monoisotopic (exact) mass is 364 g/mol. The van der Waals surface area contributed by atoms with E-state index in [-0.39, 0.29) is 6.04 Å². The lowest BCUT2D eigenvalue weighted by atomic mass is 10.3. The molecular weight excluding hydrogens is 336 g/mol. The maximum Gasteiger partial charge on any atom is 0.191 e. The summed E-state index contributed by atoms with van der Waals surface area (Å²) in [5.41, 5.74) is 0. The number of thiophene rings is 1. The fourth-order valence-electron chi connectivity index (χ4n) is 2.44. The molecule has 0 bridgehead atoms. The molecule has 1 unspecified atom stereocenters. The van der Waals surface area contributed by atoms with Crippen molar-refractivity contribution in [3.63, 3.8) is 0 Å². The number of aromatic nitrogens is 3. The molecule has 0 aliphatic carbocycles. The molecule has 0 aliphatic heterocycles. The van der Waals surface area contributed by atoms with Crippen LogP contribution >= 0.6 is 11.3 Å². The molecular formula is C17H28N6OS. The average molecular weight is 365 g/mol. The van der Waals surface area contributed by atoms with Crippen molar-refractivity contribution in [2.24, 2.45) is 4.99 Å². The molecule has 0 saturated heterocycles. The molecule has 7 nitrogen and oxygen atoms in total. The van der Waals surface area contributed by atoms with Crippen molar-refractivity contribution < 1.29 is 4.74 Å². The van der Waals surface area contributed by atoms with Crippen molar-refractivity contribution in [3.05, 3.63) is 34.5 Å². The van der Waals surface area contributed by atoms with Crippen LogP contribution in [-0.4, -0.2) is 53.6 Å². The van der Waals surface area contributed by atoms with Crippen molar-refractivity contribution in [1.82, 2.24) is 25.4 Å². The average Bonchev–Trinajstić information content (AvgIpc) is 3.26. The van der Waals surface area contributed by atoms with Crippen molar-refractivity contribution in [1.29, 1.82) is 0 Å². The first kappa shape index (κ1) is 19.4. The van der Waals surface area contributed by atoms with Gasteiger partial charge in [0.05, 0.1) is 6.61 Å². The molecule has 8 heteroatoms. The van der Waals surface area contributed by atoms with E-state index in [0.29, 0.717) is 6.61 Å². The summed E-state index contributed by atoms with van der Waals surface area (Å²) < 4.78 is 7.26. The van der Waals surface area contributed by atoms with Crippen molar-refractivity contribution in [2.75, 3.05) is 26.8 Å². The minimum absolute atomic E-state index is 0.194. The largest absolute Gasteiger partial charge is 0.383 e. The number of methoxy groups -OCH3 is 1. The zero-order chi connectivity index (χ0) is 17.9. The zero-order valence-electron chi connectivity index (χ0n) is 15.2. The van der Waals surface area contributed by atoms with Crippen molar-refractivity contribution in [2.45, 2.75) is 39.3 Å². The van der Waals surface area contributed by atoms with Crippen LogP contribution in [0.2, 0.25) is 0 Å². The Balaban J connectivity index is 1.86. The summed E-state index contributed by atoms with van der Waals surface area (Å²) in [5.74, 6) is 1.81. The van der Waals surface area contributed by atoms with Gasteiger partial charge in [0, 0.05) is 50.5 Å². The predicted octanol–water partition coefficient (Wildman–Crippen LogP) is 1.71. The first-order valence-electron chi connectivity index (χ1n) is 8.65. The Bertz CT molecular complexity index is 625. The molecule has 0 aliphatic rings. The smallest absolute Gasteiger partial charge is 0.191 e. The van der Waals surface area contributed by atoms with Gasteiger partial charge in [0.1, 0.15) is 12.2 Å². The minimum Gasteiger partial charge on any atom is -0.383 e. The third-order valence-corrected chi connectivity index (χ3v) is 4.60. The third kappa shape index (κ3) is 6.83. The van der Waals surface area contributed by atoms with Gasteiger partial charge in [-0.3, -0.25) is 4.99 Å². The Morgan fingerprint density at radius 1 is 1.48 bits per heavy atom. The second kappa shape index (κ2) is 10.8. The molecule has 2 heterocycles. The number of nitrogens with zero attached hydrogens (tertiary/aromatic N) is 4. The lowest BCUT2D eigenvalue weighted by molar-refractivity contribution is 0.179. The second-order valence-electron chi connectivity index (χ2n) is 5.78. The van der Waals surface area contributed by atoms with Crippen LogP contribution in [0.5, 0.6) is 0 Å². The summed E-state index contributed by atoms with van der Waals surface area (Å²) in [7, 11) is 1.71. The second-order valence-corrected chi connectivity index (χ2v) is 6.81. The Morgan fingerprint density at radius 2 is 2.36 bits per heavy atom. The summed E-state index contributed by atoms with van der Waals surface area (Å²) in [6.07, 6.45) is 3.61. The Kier molecular flexibility index (Phi) is 8.41. The zero-order valence-corrected chi connectivity index (χ0v) is 16.1. The molecule has 2 rings (SSSR count). The molecule has 0 aromatic carbocycles. The van der Waals surface area contributed by atoms with E-state index < -0.39 is 0 Å². The summed E-state index contributed by atoms with van der Waals surface area (Å²) in [4.78, 5) is 6.04. The highest BCUT2D eigenvalue weighted by Gasteiger charge is 2.06. The van der Waals surface area contributed by atoms with Crippen molar-refractivity contribution >= 4 is 17.3 Å². The molecule has 25 heavy (non-hydrogen) atoms. The van der Waals surface area contributed by atoms with Gasteiger partial charge in [-0.1, -0.05) is 13.0 Å². The van der Waals surface area contributed by atoms with Crippen LogP contribution in [0.15, 0.2) is 28.8 Å². The fourth-order valence-corrected chi connectivity index (χ4v) is 3.14.